The second kappa shape index (κ2) is 85.4. The molecule has 0 bridgehead atoms. The first-order valence-corrected chi connectivity index (χ1v) is 46.5. The SMILES string of the molecule is CCCCCCCCCC/C=C\CCCCCCCCCCCCCCCCCCCCCCCCCCCCCCCC(=O)OC(COC(=O)CCCCCCCCCCCCCCCCCCCCCCCCCCC/C=C\CCCCCCCCCC)COC(OCC[N+](C)(C)C)C(=O)O. The summed E-state index contributed by atoms with van der Waals surface area (Å²) in [7, 11) is 6.01. The van der Waals surface area contributed by atoms with Crippen LogP contribution in [-0.4, -0.2) is 87.4 Å². The van der Waals surface area contributed by atoms with Crippen LogP contribution in [0.2, 0.25) is 0 Å². The number of allylic oxidation sites excluding steroid dienone is 4. The number of nitrogens with zero attached hydrogens (tertiary/aromatic N) is 1. The zero-order valence-corrected chi connectivity index (χ0v) is 70.3. The molecule has 0 aromatic heterocycles. The number of aliphatic carboxylic acids is 1. The Hall–Kier alpha value is -2.23. The lowest BCUT2D eigenvalue weighted by Crippen LogP contribution is -2.40. The molecule has 0 radical (unpaired) electrons. The zero-order chi connectivity index (χ0) is 74.6. The minimum atomic E-state index is -1.51. The van der Waals surface area contributed by atoms with Crippen LogP contribution >= 0.6 is 0 Å². The van der Waals surface area contributed by atoms with Gasteiger partial charge in [-0.1, -0.05) is 449 Å². The van der Waals surface area contributed by atoms with Gasteiger partial charge in [0.15, 0.2) is 6.10 Å². The number of carboxylic acids is 1. The summed E-state index contributed by atoms with van der Waals surface area (Å²) in [6.07, 6.45) is 108. The molecule has 2 atom stereocenters. The number of hydrogen-bond acceptors (Lipinski definition) is 7. The first-order chi connectivity index (χ1) is 50.6. The van der Waals surface area contributed by atoms with Crippen molar-refractivity contribution in [2.75, 3.05) is 47.5 Å². The number of carbonyl (C=O) groups excluding carboxylic acids is 2. The molecule has 0 spiro atoms. The van der Waals surface area contributed by atoms with E-state index in [9.17, 15) is 19.5 Å². The second-order valence-corrected chi connectivity index (χ2v) is 33.3. The van der Waals surface area contributed by atoms with Gasteiger partial charge < -0.3 is 28.5 Å². The molecule has 0 saturated heterocycles. The fourth-order valence-electron chi connectivity index (χ4n) is 14.6. The van der Waals surface area contributed by atoms with Crippen molar-refractivity contribution in [1.29, 1.82) is 0 Å². The summed E-state index contributed by atoms with van der Waals surface area (Å²) in [5, 5.41) is 9.80. The van der Waals surface area contributed by atoms with E-state index in [4.69, 9.17) is 18.9 Å². The van der Waals surface area contributed by atoms with Crippen LogP contribution in [0.25, 0.3) is 0 Å². The number of ether oxygens (including phenoxy) is 4. The highest BCUT2D eigenvalue weighted by Crippen LogP contribution is 2.22. The molecule has 0 heterocycles. The van der Waals surface area contributed by atoms with E-state index in [0.717, 1.165) is 38.5 Å². The van der Waals surface area contributed by atoms with Crippen LogP contribution in [0.4, 0.5) is 0 Å². The quantitative estimate of drug-likeness (QED) is 0.0211. The summed E-state index contributed by atoms with van der Waals surface area (Å²) in [6.45, 7) is 4.98. The van der Waals surface area contributed by atoms with Crippen LogP contribution in [0.5, 0.6) is 0 Å². The molecular formula is C94H182NO8+. The van der Waals surface area contributed by atoms with Crippen molar-refractivity contribution in [2.24, 2.45) is 0 Å². The van der Waals surface area contributed by atoms with Gasteiger partial charge in [-0.3, -0.25) is 9.59 Å². The van der Waals surface area contributed by atoms with Crippen molar-refractivity contribution in [3.05, 3.63) is 24.3 Å². The first kappa shape index (κ1) is 101. The smallest absolute Gasteiger partial charge is 0.361 e. The normalized spacial score (nSPS) is 12.6. The number of rotatable bonds is 89. The van der Waals surface area contributed by atoms with E-state index >= 15 is 0 Å². The molecule has 610 valence electrons. The molecule has 2 unspecified atom stereocenters. The summed E-state index contributed by atoms with van der Waals surface area (Å²) in [5.41, 5.74) is 0. The van der Waals surface area contributed by atoms with Crippen LogP contribution in [0, 0.1) is 0 Å². The summed E-state index contributed by atoms with van der Waals surface area (Å²) in [4.78, 5) is 37.8. The van der Waals surface area contributed by atoms with Crippen LogP contribution in [0.15, 0.2) is 24.3 Å². The van der Waals surface area contributed by atoms with E-state index in [-0.39, 0.29) is 38.2 Å². The lowest BCUT2D eigenvalue weighted by molar-refractivity contribution is -0.870. The Labute approximate surface area is 643 Å². The van der Waals surface area contributed by atoms with Crippen molar-refractivity contribution in [2.45, 2.75) is 514 Å². The Balaban J connectivity index is 3.86. The van der Waals surface area contributed by atoms with E-state index in [0.29, 0.717) is 17.4 Å². The number of quaternary nitrogens is 1. The Kier molecular flexibility index (Phi) is 83.5. The van der Waals surface area contributed by atoms with Gasteiger partial charge in [0, 0.05) is 12.8 Å². The Morgan fingerprint density at radius 1 is 0.282 bits per heavy atom. The van der Waals surface area contributed by atoms with Crippen LogP contribution in [0.3, 0.4) is 0 Å². The van der Waals surface area contributed by atoms with E-state index < -0.39 is 18.4 Å². The van der Waals surface area contributed by atoms with Crippen LogP contribution in [0.1, 0.15) is 502 Å². The highest BCUT2D eigenvalue weighted by molar-refractivity contribution is 5.71. The van der Waals surface area contributed by atoms with Gasteiger partial charge >= 0.3 is 17.9 Å². The standard InChI is InChI=1S/C94H181NO8/c1-6-8-10-12-14-16-18-20-22-24-26-28-30-32-34-36-38-40-42-44-45-46-47-49-51-53-55-57-59-61-63-65-67-69-71-73-75-77-79-81-83-85-92(97)103-90(89-102-94(93(98)99)100-87-86-95(3,4)5)88-101-91(96)84-82-80-78-76-74-72-70-68-66-64-62-60-58-56-54-52-50-48-43-41-39-37-35-33-31-29-27-25-23-21-19-17-15-13-11-9-7-2/h24-27,90,94H,6-23,28-89H2,1-5H3/p+1/b26-24-,27-25-. The number of unbranched alkanes of at least 4 members (excludes halogenated alkanes) is 70. The molecule has 103 heavy (non-hydrogen) atoms. The third-order valence-corrected chi connectivity index (χ3v) is 21.7. The lowest BCUT2D eigenvalue weighted by Gasteiger charge is -2.25. The van der Waals surface area contributed by atoms with Gasteiger partial charge in [-0.25, -0.2) is 4.79 Å². The molecule has 9 heteroatoms. The third kappa shape index (κ3) is 86.9. The minimum Gasteiger partial charge on any atom is -0.477 e. The summed E-state index contributed by atoms with van der Waals surface area (Å²) < 4.78 is 23.1. The molecule has 0 aromatic rings. The highest BCUT2D eigenvalue weighted by atomic mass is 16.7. The van der Waals surface area contributed by atoms with Crippen LogP contribution in [-0.2, 0) is 33.3 Å². The molecule has 0 amide bonds. The fraction of sp³-hybridized carbons (Fsp3) is 0.926. The average Bonchev–Trinajstić information content (AvgIpc) is 1.01. The van der Waals surface area contributed by atoms with Crippen molar-refractivity contribution < 1.29 is 42.9 Å². The zero-order valence-electron chi connectivity index (χ0n) is 70.3. The van der Waals surface area contributed by atoms with E-state index in [2.05, 4.69) is 38.2 Å². The third-order valence-electron chi connectivity index (χ3n) is 21.7. The van der Waals surface area contributed by atoms with E-state index in [1.54, 1.807) is 0 Å². The van der Waals surface area contributed by atoms with E-state index in [1.807, 2.05) is 21.1 Å². The van der Waals surface area contributed by atoms with Gasteiger partial charge in [0.2, 0.25) is 0 Å². The molecule has 1 N–H and O–H groups in total. The van der Waals surface area contributed by atoms with Gasteiger partial charge in [-0.15, -0.1) is 0 Å². The monoisotopic (exact) mass is 1450 g/mol. The minimum absolute atomic E-state index is 0.173. The average molecular weight is 1450 g/mol. The van der Waals surface area contributed by atoms with E-state index in [1.165, 1.54) is 437 Å². The Bertz CT molecular complexity index is 1740. The molecule has 0 aromatic carbocycles. The van der Waals surface area contributed by atoms with Gasteiger partial charge in [-0.05, 0) is 64.2 Å². The maximum absolute atomic E-state index is 13.0. The Morgan fingerprint density at radius 2 is 0.495 bits per heavy atom. The molecule has 0 fully saturated rings. The largest absolute Gasteiger partial charge is 0.477 e. The van der Waals surface area contributed by atoms with Gasteiger partial charge in [0.05, 0.1) is 34.4 Å². The van der Waals surface area contributed by atoms with Crippen LogP contribution < -0.4 is 0 Å². The lowest BCUT2D eigenvalue weighted by atomic mass is 10.0. The summed E-state index contributed by atoms with van der Waals surface area (Å²) in [6, 6.07) is 0. The number of likely N-dealkylation sites (N-methyl/N-ethyl adjacent to an activating group) is 1. The fourth-order valence-corrected chi connectivity index (χ4v) is 14.6. The van der Waals surface area contributed by atoms with Crippen molar-refractivity contribution in [3.63, 3.8) is 0 Å². The Morgan fingerprint density at radius 3 is 0.718 bits per heavy atom. The second-order valence-electron chi connectivity index (χ2n) is 33.3. The predicted octanol–water partition coefficient (Wildman–Crippen LogP) is 30.4. The van der Waals surface area contributed by atoms with Crippen molar-refractivity contribution in [3.8, 4) is 0 Å². The number of carboxylic acid groups (broad SMARTS) is 1. The maximum Gasteiger partial charge on any atom is 0.361 e. The molecule has 0 aliphatic carbocycles. The van der Waals surface area contributed by atoms with Gasteiger partial charge in [0.1, 0.15) is 13.2 Å². The highest BCUT2D eigenvalue weighted by Gasteiger charge is 2.25. The van der Waals surface area contributed by atoms with Gasteiger partial charge in [-0.2, -0.15) is 0 Å². The maximum atomic E-state index is 13.0. The number of carbonyl (C=O) groups is 3. The molecule has 0 aliphatic rings. The first-order valence-electron chi connectivity index (χ1n) is 46.5. The number of esters is 2. The molecule has 9 nitrogen and oxygen atoms in total. The van der Waals surface area contributed by atoms with Crippen molar-refractivity contribution >= 4 is 17.9 Å². The topological polar surface area (TPSA) is 108 Å². The van der Waals surface area contributed by atoms with Gasteiger partial charge in [0.25, 0.3) is 6.29 Å². The number of hydrogen-bond donors (Lipinski definition) is 1. The summed E-state index contributed by atoms with van der Waals surface area (Å²) in [5.74, 6) is -1.96. The predicted molar refractivity (Wildman–Crippen MR) is 448 cm³/mol. The molecular weight excluding hydrogens is 1270 g/mol. The molecule has 0 saturated carbocycles. The molecule has 0 rings (SSSR count). The summed E-state index contributed by atoms with van der Waals surface area (Å²) >= 11 is 0. The van der Waals surface area contributed by atoms with Crippen molar-refractivity contribution in [1.82, 2.24) is 0 Å². The molecule has 0 aliphatic heterocycles.